The van der Waals surface area contributed by atoms with E-state index in [4.69, 9.17) is 9.26 Å². The molecule has 0 N–H and O–H groups in total. The highest BCUT2D eigenvalue weighted by atomic mass is 16.5. The maximum Gasteiger partial charge on any atom is 0.230 e. The van der Waals surface area contributed by atoms with E-state index in [0.717, 1.165) is 0 Å². The van der Waals surface area contributed by atoms with E-state index in [2.05, 4.69) is 25.9 Å². The van der Waals surface area contributed by atoms with Crippen molar-refractivity contribution in [2.24, 2.45) is 17.3 Å². The number of aromatic nitrogens is 1. The van der Waals surface area contributed by atoms with Crippen molar-refractivity contribution in [3.05, 3.63) is 30.2 Å². The zero-order chi connectivity index (χ0) is 18.7. The molecule has 2 saturated heterocycles. The molecule has 3 aliphatic heterocycles. The number of carbonyl (C=O) groups excluding carboxylic acids is 2. The van der Waals surface area contributed by atoms with Crippen LogP contribution in [0.1, 0.15) is 26.5 Å². The summed E-state index contributed by atoms with van der Waals surface area (Å²) in [5.41, 5.74) is 0.0279. The van der Waals surface area contributed by atoms with Gasteiger partial charge in [0.15, 0.2) is 0 Å². The lowest BCUT2D eigenvalue weighted by Gasteiger charge is -2.29. The van der Waals surface area contributed by atoms with Gasteiger partial charge in [-0.2, -0.15) is 0 Å². The van der Waals surface area contributed by atoms with Crippen molar-refractivity contribution in [2.45, 2.75) is 39.0 Å². The van der Waals surface area contributed by atoms with E-state index in [1.807, 2.05) is 17.1 Å². The number of ether oxygens (including phenoxy) is 1. The van der Waals surface area contributed by atoms with Gasteiger partial charge >= 0.3 is 0 Å². The Hall–Kier alpha value is -2.15. The van der Waals surface area contributed by atoms with Crippen molar-refractivity contribution >= 4 is 11.8 Å². The summed E-state index contributed by atoms with van der Waals surface area (Å²) in [6.07, 6.45) is 5.09. The molecule has 0 saturated carbocycles. The van der Waals surface area contributed by atoms with E-state index < -0.39 is 17.4 Å². The fraction of sp³-hybridized carbons (Fsp3) is 0.632. The summed E-state index contributed by atoms with van der Waals surface area (Å²) < 4.78 is 11.0. The van der Waals surface area contributed by atoms with E-state index in [0.29, 0.717) is 25.3 Å². The summed E-state index contributed by atoms with van der Waals surface area (Å²) in [6, 6.07) is 1.73. The Morgan fingerprint density at radius 3 is 2.88 bits per heavy atom. The number of likely N-dealkylation sites (tertiary alicyclic amines) is 1. The minimum atomic E-state index is -0.651. The number of fused-ring (bicyclic) bond motifs is 1. The molecule has 4 atom stereocenters. The largest absolute Gasteiger partial charge is 0.364 e. The third kappa shape index (κ3) is 2.65. The lowest BCUT2D eigenvalue weighted by molar-refractivity contribution is -0.143. The summed E-state index contributed by atoms with van der Waals surface area (Å²) in [5.74, 6) is -0.971. The second-order valence-corrected chi connectivity index (χ2v) is 8.84. The van der Waals surface area contributed by atoms with Crippen LogP contribution in [0.4, 0.5) is 0 Å². The lowest BCUT2D eigenvalue weighted by atomic mass is 9.76. The molecule has 140 valence electrons. The van der Waals surface area contributed by atoms with Gasteiger partial charge in [0, 0.05) is 19.7 Å². The maximum atomic E-state index is 13.1. The third-order valence-corrected chi connectivity index (χ3v) is 5.40. The summed E-state index contributed by atoms with van der Waals surface area (Å²) >= 11 is 0. The Labute approximate surface area is 152 Å². The van der Waals surface area contributed by atoms with Gasteiger partial charge in [-0.15, -0.1) is 0 Å². The van der Waals surface area contributed by atoms with Crippen LogP contribution in [0.2, 0.25) is 0 Å². The van der Waals surface area contributed by atoms with E-state index in [-0.39, 0.29) is 23.3 Å². The molecule has 1 spiro atoms. The summed E-state index contributed by atoms with van der Waals surface area (Å²) in [4.78, 5) is 29.7. The Morgan fingerprint density at radius 1 is 1.46 bits per heavy atom. The zero-order valence-electron chi connectivity index (χ0n) is 15.6. The number of nitrogens with zero attached hydrogens (tertiary/aromatic N) is 3. The van der Waals surface area contributed by atoms with Crippen LogP contribution in [0.25, 0.3) is 0 Å². The monoisotopic (exact) mass is 359 g/mol. The Balaban J connectivity index is 1.56. The first-order valence-corrected chi connectivity index (χ1v) is 9.00. The van der Waals surface area contributed by atoms with Crippen LogP contribution in [-0.4, -0.2) is 58.6 Å². The summed E-state index contributed by atoms with van der Waals surface area (Å²) in [5, 5.41) is 3.86. The van der Waals surface area contributed by atoms with Crippen molar-refractivity contribution < 1.29 is 18.8 Å². The first-order valence-electron chi connectivity index (χ1n) is 9.00. The van der Waals surface area contributed by atoms with Crippen molar-refractivity contribution in [3.63, 3.8) is 0 Å². The molecule has 2 amide bonds. The van der Waals surface area contributed by atoms with E-state index in [9.17, 15) is 9.59 Å². The summed E-state index contributed by atoms with van der Waals surface area (Å²) in [6.45, 7) is 7.85. The highest BCUT2D eigenvalue weighted by Crippen LogP contribution is 2.52. The van der Waals surface area contributed by atoms with Gasteiger partial charge in [0.05, 0.1) is 31.0 Å². The molecule has 26 heavy (non-hydrogen) atoms. The first kappa shape index (κ1) is 17.3. The molecule has 1 aromatic rings. The molecule has 2 fully saturated rings. The van der Waals surface area contributed by atoms with E-state index in [1.165, 1.54) is 6.26 Å². The molecule has 2 bridgehead atoms. The van der Waals surface area contributed by atoms with Crippen LogP contribution in [0.5, 0.6) is 0 Å². The highest BCUT2D eigenvalue weighted by Gasteiger charge is 2.67. The van der Waals surface area contributed by atoms with Crippen molar-refractivity contribution in [3.8, 4) is 0 Å². The number of amides is 2. The van der Waals surface area contributed by atoms with Crippen molar-refractivity contribution in [1.82, 2.24) is 15.0 Å². The number of hydrogen-bond donors (Lipinski definition) is 0. The fourth-order valence-corrected chi connectivity index (χ4v) is 4.46. The van der Waals surface area contributed by atoms with Crippen molar-refractivity contribution in [2.75, 3.05) is 20.1 Å². The van der Waals surface area contributed by atoms with Crippen molar-refractivity contribution in [1.29, 1.82) is 0 Å². The Morgan fingerprint density at radius 2 is 2.23 bits per heavy atom. The summed E-state index contributed by atoms with van der Waals surface area (Å²) in [7, 11) is 1.73. The molecule has 0 unspecified atom stereocenters. The standard InChI is InChI=1S/C19H25N3O4/c1-18(2,3)10-22-11-19-7-5-13(26-19)14(15(19)17(22)24)16(23)21(4)9-12-6-8-25-20-12/h5-8,13-15H,9-11H2,1-4H3/t13-,14-,15+,19-/m0/s1. The van der Waals surface area contributed by atoms with Crippen LogP contribution in [0, 0.1) is 17.3 Å². The first-order chi connectivity index (χ1) is 12.2. The van der Waals surface area contributed by atoms with Crippen LogP contribution in [0.3, 0.4) is 0 Å². The molecular weight excluding hydrogens is 334 g/mol. The topological polar surface area (TPSA) is 75.9 Å². The second-order valence-electron chi connectivity index (χ2n) is 8.84. The maximum absolute atomic E-state index is 13.1. The molecule has 0 aromatic carbocycles. The highest BCUT2D eigenvalue weighted by molar-refractivity contribution is 5.93. The van der Waals surface area contributed by atoms with Gasteiger partial charge in [0.1, 0.15) is 17.6 Å². The molecule has 7 nitrogen and oxygen atoms in total. The molecular formula is C19H25N3O4. The lowest BCUT2D eigenvalue weighted by Crippen LogP contribution is -2.45. The molecule has 1 aromatic heterocycles. The minimum Gasteiger partial charge on any atom is -0.364 e. The van der Waals surface area contributed by atoms with E-state index in [1.54, 1.807) is 18.0 Å². The predicted molar refractivity (Wildman–Crippen MR) is 92.7 cm³/mol. The Kier molecular flexibility index (Phi) is 3.77. The van der Waals surface area contributed by atoms with Crippen LogP contribution in [0.15, 0.2) is 29.0 Å². The van der Waals surface area contributed by atoms with Gasteiger partial charge in [0.2, 0.25) is 11.8 Å². The molecule has 3 aliphatic rings. The van der Waals surface area contributed by atoms with Gasteiger partial charge in [-0.1, -0.05) is 38.1 Å². The second kappa shape index (κ2) is 5.67. The predicted octanol–water partition coefficient (Wildman–Crippen LogP) is 1.46. The van der Waals surface area contributed by atoms with Gasteiger partial charge in [0.25, 0.3) is 0 Å². The van der Waals surface area contributed by atoms with Gasteiger partial charge in [-0.25, -0.2) is 0 Å². The molecule has 7 heteroatoms. The molecule has 0 radical (unpaired) electrons. The van der Waals surface area contributed by atoms with Gasteiger partial charge < -0.3 is 19.1 Å². The average molecular weight is 359 g/mol. The fourth-order valence-electron chi connectivity index (χ4n) is 4.46. The smallest absolute Gasteiger partial charge is 0.230 e. The van der Waals surface area contributed by atoms with Crippen LogP contribution < -0.4 is 0 Å². The normalized spacial score (nSPS) is 32.4. The van der Waals surface area contributed by atoms with E-state index >= 15 is 0 Å². The quantitative estimate of drug-likeness (QED) is 0.761. The molecule has 4 rings (SSSR count). The average Bonchev–Trinajstić information content (AvgIpc) is 3.29. The number of hydrogen-bond acceptors (Lipinski definition) is 5. The SMILES string of the molecule is CN(Cc1ccon1)C(=O)[C@H]1[C@@H]2C=C[C@@]3(CN(CC(C)(C)C)C(=O)[C@@H]13)O2. The number of carbonyl (C=O) groups is 2. The molecule has 4 heterocycles. The third-order valence-electron chi connectivity index (χ3n) is 5.40. The van der Waals surface area contributed by atoms with Crippen LogP contribution in [-0.2, 0) is 20.9 Å². The number of rotatable bonds is 4. The Bertz CT molecular complexity index is 751. The van der Waals surface area contributed by atoms with Gasteiger partial charge in [-0.3, -0.25) is 9.59 Å². The van der Waals surface area contributed by atoms with Crippen LogP contribution >= 0.6 is 0 Å². The minimum absolute atomic E-state index is 0.00406. The van der Waals surface area contributed by atoms with Gasteiger partial charge in [-0.05, 0) is 5.41 Å². The molecule has 0 aliphatic carbocycles. The zero-order valence-corrected chi connectivity index (χ0v) is 15.6.